The van der Waals surface area contributed by atoms with E-state index in [0.717, 1.165) is 6.42 Å². The van der Waals surface area contributed by atoms with Gasteiger partial charge >= 0.3 is 0 Å². The second-order valence-electron chi connectivity index (χ2n) is 3.57. The van der Waals surface area contributed by atoms with Crippen LogP contribution in [0.1, 0.15) is 27.2 Å². The average molecular weight is 195 g/mol. The topological polar surface area (TPSA) is 32.3 Å². The SMILES string of the molecule is CCC(C)C(C)NCC(F)(F)CO. The van der Waals surface area contributed by atoms with E-state index in [4.69, 9.17) is 5.11 Å². The number of hydrogen-bond donors (Lipinski definition) is 2. The third-order valence-electron chi connectivity index (χ3n) is 2.41. The molecule has 2 atom stereocenters. The first-order valence-electron chi connectivity index (χ1n) is 4.65. The Morgan fingerprint density at radius 1 is 1.38 bits per heavy atom. The van der Waals surface area contributed by atoms with E-state index in [2.05, 4.69) is 5.32 Å². The van der Waals surface area contributed by atoms with E-state index >= 15 is 0 Å². The molecule has 0 fully saturated rings. The zero-order chi connectivity index (χ0) is 10.5. The quantitative estimate of drug-likeness (QED) is 0.675. The van der Waals surface area contributed by atoms with Gasteiger partial charge in [0.15, 0.2) is 0 Å². The maximum Gasteiger partial charge on any atom is 0.282 e. The first-order chi connectivity index (χ1) is 5.93. The standard InChI is InChI=1S/C9H19F2NO/c1-4-7(2)8(3)12-5-9(10,11)6-13/h7-8,12-13H,4-6H2,1-3H3. The minimum atomic E-state index is -3.00. The average Bonchev–Trinajstić information content (AvgIpc) is 2.13. The summed E-state index contributed by atoms with van der Waals surface area (Å²) in [7, 11) is 0. The number of rotatable bonds is 6. The van der Waals surface area contributed by atoms with Crippen LogP contribution in [0.3, 0.4) is 0 Å². The number of halogens is 2. The molecule has 0 aromatic rings. The lowest BCUT2D eigenvalue weighted by Crippen LogP contribution is -2.42. The van der Waals surface area contributed by atoms with Crippen molar-refractivity contribution in [3.05, 3.63) is 0 Å². The lowest BCUT2D eigenvalue weighted by Gasteiger charge is -2.22. The lowest BCUT2D eigenvalue weighted by molar-refractivity contribution is -0.0499. The summed E-state index contributed by atoms with van der Waals surface area (Å²) in [6.07, 6.45) is 0.957. The number of nitrogens with one attached hydrogen (secondary N) is 1. The van der Waals surface area contributed by atoms with E-state index in [0.29, 0.717) is 5.92 Å². The predicted molar refractivity (Wildman–Crippen MR) is 49.0 cm³/mol. The molecule has 4 heteroatoms. The van der Waals surface area contributed by atoms with E-state index in [9.17, 15) is 8.78 Å². The van der Waals surface area contributed by atoms with Crippen LogP contribution in [0.2, 0.25) is 0 Å². The van der Waals surface area contributed by atoms with Crippen LogP contribution in [0.4, 0.5) is 8.78 Å². The summed E-state index contributed by atoms with van der Waals surface area (Å²) in [5.41, 5.74) is 0. The fraction of sp³-hybridized carbons (Fsp3) is 1.00. The molecule has 0 spiro atoms. The minimum absolute atomic E-state index is 0.0578. The molecule has 2 N–H and O–H groups in total. The van der Waals surface area contributed by atoms with Crippen LogP contribution in [0.25, 0.3) is 0 Å². The molecule has 0 aromatic heterocycles. The molecule has 2 nitrogen and oxygen atoms in total. The molecule has 13 heavy (non-hydrogen) atoms. The molecule has 0 amide bonds. The molecule has 2 unspecified atom stereocenters. The van der Waals surface area contributed by atoms with Crippen LogP contribution < -0.4 is 5.32 Å². The maximum atomic E-state index is 12.6. The van der Waals surface area contributed by atoms with Crippen LogP contribution in [-0.2, 0) is 0 Å². The Hall–Kier alpha value is -0.220. The molecule has 0 bridgehead atoms. The fourth-order valence-corrected chi connectivity index (χ4v) is 0.921. The Labute approximate surface area is 78.3 Å². The third kappa shape index (κ3) is 5.16. The summed E-state index contributed by atoms with van der Waals surface area (Å²) in [6.45, 7) is 4.37. The van der Waals surface area contributed by atoms with Gasteiger partial charge in [0.25, 0.3) is 5.92 Å². The molecule has 0 radical (unpaired) electrons. The van der Waals surface area contributed by atoms with E-state index < -0.39 is 19.1 Å². The van der Waals surface area contributed by atoms with Crippen LogP contribution in [0.5, 0.6) is 0 Å². The molecule has 80 valence electrons. The van der Waals surface area contributed by atoms with Crippen molar-refractivity contribution in [3.8, 4) is 0 Å². The van der Waals surface area contributed by atoms with Crippen LogP contribution >= 0.6 is 0 Å². The smallest absolute Gasteiger partial charge is 0.282 e. The Morgan fingerprint density at radius 3 is 2.31 bits per heavy atom. The molecule has 0 saturated heterocycles. The van der Waals surface area contributed by atoms with Crippen molar-refractivity contribution in [2.24, 2.45) is 5.92 Å². The lowest BCUT2D eigenvalue weighted by atomic mass is 10.0. The van der Waals surface area contributed by atoms with E-state index in [1.807, 2.05) is 20.8 Å². The molecule has 0 saturated carbocycles. The summed E-state index contributed by atoms with van der Waals surface area (Å²) in [5, 5.41) is 11.0. The molecular weight excluding hydrogens is 176 g/mol. The minimum Gasteiger partial charge on any atom is -0.390 e. The zero-order valence-corrected chi connectivity index (χ0v) is 8.48. The van der Waals surface area contributed by atoms with Crippen molar-refractivity contribution in [3.63, 3.8) is 0 Å². The molecule has 0 rings (SSSR count). The summed E-state index contributed by atoms with van der Waals surface area (Å²) in [4.78, 5) is 0. The maximum absolute atomic E-state index is 12.6. The highest BCUT2D eigenvalue weighted by Crippen LogP contribution is 2.12. The van der Waals surface area contributed by atoms with Crippen LogP contribution in [-0.4, -0.2) is 30.2 Å². The number of hydrogen-bond acceptors (Lipinski definition) is 2. The van der Waals surface area contributed by atoms with Gasteiger partial charge in [-0.1, -0.05) is 20.3 Å². The number of aliphatic hydroxyl groups excluding tert-OH is 1. The first kappa shape index (κ1) is 12.8. The Kier molecular flexibility index (Phi) is 5.40. The van der Waals surface area contributed by atoms with Gasteiger partial charge in [0.05, 0.1) is 6.54 Å². The summed E-state index contributed by atoms with van der Waals surface area (Å²) in [5.74, 6) is -2.63. The van der Waals surface area contributed by atoms with Gasteiger partial charge in [-0.3, -0.25) is 0 Å². The van der Waals surface area contributed by atoms with Gasteiger partial charge in [-0.2, -0.15) is 0 Å². The summed E-state index contributed by atoms with van der Waals surface area (Å²) < 4.78 is 25.1. The van der Waals surface area contributed by atoms with E-state index in [1.165, 1.54) is 0 Å². The highest BCUT2D eigenvalue weighted by molar-refractivity contribution is 4.73. The second kappa shape index (κ2) is 5.50. The van der Waals surface area contributed by atoms with Crippen LogP contribution in [0, 0.1) is 5.92 Å². The first-order valence-corrected chi connectivity index (χ1v) is 4.65. The second-order valence-corrected chi connectivity index (χ2v) is 3.57. The van der Waals surface area contributed by atoms with Crippen molar-refractivity contribution in [1.29, 1.82) is 0 Å². The van der Waals surface area contributed by atoms with E-state index in [1.54, 1.807) is 0 Å². The monoisotopic (exact) mass is 195 g/mol. The zero-order valence-electron chi connectivity index (χ0n) is 8.48. The molecular formula is C9H19F2NO. The highest BCUT2D eigenvalue weighted by Gasteiger charge is 2.28. The van der Waals surface area contributed by atoms with Gasteiger partial charge in [-0.15, -0.1) is 0 Å². The third-order valence-corrected chi connectivity index (χ3v) is 2.41. The fourth-order valence-electron chi connectivity index (χ4n) is 0.921. The van der Waals surface area contributed by atoms with Gasteiger partial charge in [-0.25, -0.2) is 8.78 Å². The summed E-state index contributed by atoms with van der Waals surface area (Å²) >= 11 is 0. The van der Waals surface area contributed by atoms with Gasteiger partial charge in [0, 0.05) is 6.04 Å². The molecule has 0 aliphatic carbocycles. The van der Waals surface area contributed by atoms with Crippen LogP contribution in [0.15, 0.2) is 0 Å². The Morgan fingerprint density at radius 2 is 1.92 bits per heavy atom. The predicted octanol–water partition coefficient (Wildman–Crippen LogP) is 1.64. The van der Waals surface area contributed by atoms with Crippen molar-refractivity contribution < 1.29 is 13.9 Å². The summed E-state index contributed by atoms with van der Waals surface area (Å²) in [6, 6.07) is 0.0578. The molecule has 0 aromatic carbocycles. The molecule has 0 aliphatic rings. The highest BCUT2D eigenvalue weighted by atomic mass is 19.3. The largest absolute Gasteiger partial charge is 0.390 e. The molecule has 0 heterocycles. The van der Waals surface area contributed by atoms with Gasteiger partial charge < -0.3 is 10.4 Å². The Balaban J connectivity index is 3.75. The van der Waals surface area contributed by atoms with Gasteiger partial charge in [-0.05, 0) is 12.8 Å². The van der Waals surface area contributed by atoms with Gasteiger partial charge in [0.2, 0.25) is 0 Å². The van der Waals surface area contributed by atoms with Gasteiger partial charge in [0.1, 0.15) is 6.61 Å². The molecule has 0 aliphatic heterocycles. The van der Waals surface area contributed by atoms with Crippen molar-refractivity contribution in [1.82, 2.24) is 5.32 Å². The normalized spacial score (nSPS) is 17.1. The van der Waals surface area contributed by atoms with Crippen molar-refractivity contribution in [2.75, 3.05) is 13.2 Å². The van der Waals surface area contributed by atoms with Crippen molar-refractivity contribution >= 4 is 0 Å². The number of alkyl halides is 2. The van der Waals surface area contributed by atoms with Crippen molar-refractivity contribution in [2.45, 2.75) is 39.2 Å². The van der Waals surface area contributed by atoms with E-state index in [-0.39, 0.29) is 6.04 Å². The Bertz CT molecular complexity index is 142. The number of aliphatic hydroxyl groups is 1.